The van der Waals surface area contributed by atoms with Crippen LogP contribution in [0.4, 0.5) is 0 Å². The van der Waals surface area contributed by atoms with Crippen LogP contribution in [0.5, 0.6) is 0 Å². The number of carbonyl (C=O) groups excluding carboxylic acids is 1. The third kappa shape index (κ3) is 4.52. The molecule has 21 heavy (non-hydrogen) atoms. The maximum atomic E-state index is 12.6. The minimum absolute atomic E-state index is 0.0822. The Labute approximate surface area is 126 Å². The lowest BCUT2D eigenvalue weighted by Gasteiger charge is -2.21. The molecule has 0 spiro atoms. The predicted molar refractivity (Wildman–Crippen MR) is 81.2 cm³/mol. The number of aliphatic hydroxyl groups excluding tert-OH is 1. The van der Waals surface area contributed by atoms with E-state index in [1.807, 2.05) is 29.2 Å². The van der Waals surface area contributed by atoms with Gasteiger partial charge in [0.25, 0.3) is 5.91 Å². The lowest BCUT2D eigenvalue weighted by Crippen LogP contribution is -2.35. The van der Waals surface area contributed by atoms with Gasteiger partial charge in [-0.3, -0.25) is 9.69 Å². The highest BCUT2D eigenvalue weighted by molar-refractivity contribution is 5.94. The zero-order valence-electron chi connectivity index (χ0n) is 12.6. The molecule has 1 amide bonds. The second-order valence-corrected chi connectivity index (χ2v) is 5.34. The summed E-state index contributed by atoms with van der Waals surface area (Å²) in [5, 5.41) is 9.01. The molecule has 1 N–H and O–H groups in total. The van der Waals surface area contributed by atoms with Crippen LogP contribution < -0.4 is 0 Å². The molecule has 5 heteroatoms. The molecule has 0 bridgehead atoms. The molecular formula is C16H24N2O3. The molecule has 1 aliphatic rings. The van der Waals surface area contributed by atoms with Gasteiger partial charge in [-0.2, -0.15) is 0 Å². The Balaban J connectivity index is 2.00. The van der Waals surface area contributed by atoms with Gasteiger partial charge in [0.2, 0.25) is 0 Å². The van der Waals surface area contributed by atoms with Crippen molar-refractivity contribution < 1.29 is 14.6 Å². The molecule has 1 aromatic carbocycles. The molecule has 0 aromatic heterocycles. The summed E-state index contributed by atoms with van der Waals surface area (Å²) >= 11 is 0. The van der Waals surface area contributed by atoms with Gasteiger partial charge in [0.05, 0.1) is 13.2 Å². The highest BCUT2D eigenvalue weighted by atomic mass is 16.5. The van der Waals surface area contributed by atoms with Crippen molar-refractivity contribution in [2.75, 3.05) is 46.4 Å². The molecule has 0 aliphatic carbocycles. The average molecular weight is 292 g/mol. The van der Waals surface area contributed by atoms with Gasteiger partial charge in [-0.15, -0.1) is 0 Å². The minimum atomic E-state index is 0.0822. The second kappa shape index (κ2) is 8.12. The number of β-amino-alcohol motifs (C(OH)–C–C–N with tert-alkyl or cyclic N) is 1. The number of nitrogens with zero attached hydrogens (tertiary/aromatic N) is 2. The molecule has 1 saturated heterocycles. The fraction of sp³-hybridized carbons (Fsp3) is 0.562. The molecule has 0 unspecified atom stereocenters. The van der Waals surface area contributed by atoms with Crippen LogP contribution in [-0.2, 0) is 11.3 Å². The molecule has 1 aliphatic heterocycles. The highest BCUT2D eigenvalue weighted by Gasteiger charge is 2.20. The van der Waals surface area contributed by atoms with Crippen molar-refractivity contribution >= 4 is 5.91 Å². The number of methoxy groups -OCH3 is 1. The summed E-state index contributed by atoms with van der Waals surface area (Å²) in [6.45, 7) is 4.63. The van der Waals surface area contributed by atoms with Gasteiger partial charge in [0.15, 0.2) is 0 Å². The van der Waals surface area contributed by atoms with Crippen molar-refractivity contribution in [1.29, 1.82) is 0 Å². The Hall–Kier alpha value is -1.43. The second-order valence-electron chi connectivity index (χ2n) is 5.34. The smallest absolute Gasteiger partial charge is 0.253 e. The molecular weight excluding hydrogens is 268 g/mol. The fourth-order valence-electron chi connectivity index (χ4n) is 2.68. The van der Waals surface area contributed by atoms with Crippen LogP contribution >= 0.6 is 0 Å². The lowest BCUT2D eigenvalue weighted by molar-refractivity contribution is 0.0760. The van der Waals surface area contributed by atoms with E-state index in [-0.39, 0.29) is 12.5 Å². The third-order valence-electron chi connectivity index (χ3n) is 3.78. The zero-order chi connectivity index (χ0) is 15.1. The number of aliphatic hydroxyl groups is 1. The Kier molecular flexibility index (Phi) is 6.17. The number of rotatable bonds is 5. The van der Waals surface area contributed by atoms with Crippen molar-refractivity contribution in [3.63, 3.8) is 0 Å². The Morgan fingerprint density at radius 3 is 2.90 bits per heavy atom. The van der Waals surface area contributed by atoms with Gasteiger partial charge in [-0.1, -0.05) is 12.1 Å². The first-order chi connectivity index (χ1) is 10.2. The van der Waals surface area contributed by atoms with E-state index in [9.17, 15) is 4.79 Å². The first-order valence-electron chi connectivity index (χ1n) is 7.45. The topological polar surface area (TPSA) is 53.0 Å². The number of amides is 1. The number of hydrogen-bond acceptors (Lipinski definition) is 4. The first-order valence-corrected chi connectivity index (χ1v) is 7.45. The van der Waals surface area contributed by atoms with Crippen LogP contribution in [0.2, 0.25) is 0 Å². The van der Waals surface area contributed by atoms with Crippen molar-refractivity contribution in [1.82, 2.24) is 9.80 Å². The monoisotopic (exact) mass is 292 g/mol. The van der Waals surface area contributed by atoms with Crippen molar-refractivity contribution in [3.8, 4) is 0 Å². The van der Waals surface area contributed by atoms with E-state index in [0.717, 1.165) is 37.2 Å². The summed E-state index contributed by atoms with van der Waals surface area (Å²) in [6.07, 6.45) is 0.948. The normalized spacial score (nSPS) is 16.8. The summed E-state index contributed by atoms with van der Waals surface area (Å²) in [6, 6.07) is 7.63. The van der Waals surface area contributed by atoms with E-state index in [2.05, 4.69) is 4.90 Å². The van der Waals surface area contributed by atoms with E-state index >= 15 is 0 Å². The van der Waals surface area contributed by atoms with E-state index in [1.165, 1.54) is 0 Å². The average Bonchev–Trinajstić information content (AvgIpc) is 2.73. The largest absolute Gasteiger partial charge is 0.395 e. The summed E-state index contributed by atoms with van der Waals surface area (Å²) in [7, 11) is 1.65. The number of carbonyl (C=O) groups is 1. The maximum Gasteiger partial charge on any atom is 0.253 e. The Morgan fingerprint density at radius 1 is 1.29 bits per heavy atom. The zero-order valence-corrected chi connectivity index (χ0v) is 12.6. The van der Waals surface area contributed by atoms with Gasteiger partial charge in [0.1, 0.15) is 0 Å². The quantitative estimate of drug-likeness (QED) is 0.879. The number of hydrogen-bond donors (Lipinski definition) is 1. The van der Waals surface area contributed by atoms with Crippen LogP contribution in [0.15, 0.2) is 24.3 Å². The van der Waals surface area contributed by atoms with Crippen LogP contribution in [-0.4, -0.2) is 67.3 Å². The third-order valence-corrected chi connectivity index (χ3v) is 3.78. The minimum Gasteiger partial charge on any atom is -0.395 e. The fourth-order valence-corrected chi connectivity index (χ4v) is 2.68. The summed E-state index contributed by atoms with van der Waals surface area (Å²) in [4.78, 5) is 16.7. The molecule has 1 aromatic rings. The van der Waals surface area contributed by atoms with E-state index in [0.29, 0.717) is 19.7 Å². The van der Waals surface area contributed by atoms with Gasteiger partial charge >= 0.3 is 0 Å². The maximum absolute atomic E-state index is 12.6. The van der Waals surface area contributed by atoms with E-state index in [4.69, 9.17) is 9.84 Å². The number of benzene rings is 1. The summed E-state index contributed by atoms with van der Waals surface area (Å²) in [5.74, 6) is 0.0822. The van der Waals surface area contributed by atoms with Gasteiger partial charge in [0, 0.05) is 38.9 Å². The Morgan fingerprint density at radius 2 is 2.14 bits per heavy atom. The standard InChI is InChI=1S/C16H24N2O3/c1-21-13-14-4-2-5-15(12-14)16(20)18-7-3-6-17(8-9-18)10-11-19/h2,4-5,12,19H,3,6-11,13H2,1H3. The van der Waals surface area contributed by atoms with E-state index in [1.54, 1.807) is 7.11 Å². The lowest BCUT2D eigenvalue weighted by atomic mass is 10.1. The van der Waals surface area contributed by atoms with Gasteiger partial charge in [-0.25, -0.2) is 0 Å². The van der Waals surface area contributed by atoms with Crippen LogP contribution in [0.25, 0.3) is 0 Å². The summed E-state index contributed by atoms with van der Waals surface area (Å²) < 4.78 is 5.11. The van der Waals surface area contributed by atoms with E-state index < -0.39 is 0 Å². The van der Waals surface area contributed by atoms with Crippen LogP contribution in [0.3, 0.4) is 0 Å². The molecule has 1 fully saturated rings. The molecule has 1 heterocycles. The first kappa shape index (κ1) is 15.9. The predicted octanol–water partition coefficient (Wildman–Crippen LogP) is 0.973. The summed E-state index contributed by atoms with van der Waals surface area (Å²) in [5.41, 5.74) is 1.74. The van der Waals surface area contributed by atoms with Gasteiger partial charge in [-0.05, 0) is 30.7 Å². The molecule has 0 saturated carbocycles. The van der Waals surface area contributed by atoms with Crippen molar-refractivity contribution in [3.05, 3.63) is 35.4 Å². The van der Waals surface area contributed by atoms with Crippen molar-refractivity contribution in [2.24, 2.45) is 0 Å². The highest BCUT2D eigenvalue weighted by Crippen LogP contribution is 2.12. The Bertz CT molecular complexity index is 465. The molecule has 5 nitrogen and oxygen atoms in total. The SMILES string of the molecule is COCc1cccc(C(=O)N2CCCN(CCO)CC2)c1. The van der Waals surface area contributed by atoms with Crippen LogP contribution in [0, 0.1) is 0 Å². The molecule has 116 valence electrons. The molecule has 0 atom stereocenters. The molecule has 0 radical (unpaired) electrons. The molecule has 2 rings (SSSR count). The van der Waals surface area contributed by atoms with Gasteiger partial charge < -0.3 is 14.7 Å². The number of ether oxygens (including phenoxy) is 1. The van der Waals surface area contributed by atoms with Crippen molar-refractivity contribution in [2.45, 2.75) is 13.0 Å². The van der Waals surface area contributed by atoms with Crippen LogP contribution in [0.1, 0.15) is 22.3 Å².